The zero-order valence-electron chi connectivity index (χ0n) is 6.64. The number of hydrogen-bond donors (Lipinski definition) is 0. The van der Waals surface area contributed by atoms with Gasteiger partial charge in [-0.3, -0.25) is 0 Å². The van der Waals surface area contributed by atoms with Crippen LogP contribution in [0.5, 0.6) is 0 Å². The van der Waals surface area contributed by atoms with Crippen LogP contribution in [0.25, 0.3) is 0 Å². The van der Waals surface area contributed by atoms with Crippen LogP contribution < -0.4 is 0 Å². The van der Waals surface area contributed by atoms with Gasteiger partial charge in [-0.2, -0.15) is 0 Å². The molecule has 1 heterocycles. The summed E-state index contributed by atoms with van der Waals surface area (Å²) in [7, 11) is 0. The van der Waals surface area contributed by atoms with Gasteiger partial charge in [-0.05, 0) is 19.8 Å². The summed E-state index contributed by atoms with van der Waals surface area (Å²) in [5.74, 6) is 0.661. The van der Waals surface area contributed by atoms with Crippen LogP contribution >= 0.6 is 0 Å². The molecule has 1 unspecified atom stereocenters. The highest BCUT2D eigenvalue weighted by Gasteiger charge is 2.12. The van der Waals surface area contributed by atoms with Crippen LogP contribution in [0.4, 0.5) is 0 Å². The van der Waals surface area contributed by atoms with Crippen molar-refractivity contribution >= 4 is 0 Å². The maximum Gasteiger partial charge on any atom is 0.0516 e. The third kappa shape index (κ3) is 2.67. The van der Waals surface area contributed by atoms with E-state index < -0.39 is 0 Å². The monoisotopic (exact) mass is 144 g/mol. The number of rotatable bonds is 3. The smallest absolute Gasteiger partial charge is 0.0516 e. The van der Waals surface area contributed by atoms with Crippen molar-refractivity contribution in [3.05, 3.63) is 0 Å². The average molecular weight is 144 g/mol. The van der Waals surface area contributed by atoms with Gasteiger partial charge in [-0.25, -0.2) is 0 Å². The lowest BCUT2D eigenvalue weighted by molar-refractivity contribution is 0.00871. The highest BCUT2D eigenvalue weighted by Crippen LogP contribution is 2.13. The Bertz CT molecular complexity index is 77.3. The molecule has 0 saturated carbocycles. The molecular weight excluding hydrogens is 128 g/mol. The van der Waals surface area contributed by atoms with Gasteiger partial charge >= 0.3 is 0 Å². The summed E-state index contributed by atoms with van der Waals surface area (Å²) in [5.41, 5.74) is 0. The van der Waals surface area contributed by atoms with E-state index in [9.17, 15) is 0 Å². The van der Waals surface area contributed by atoms with Gasteiger partial charge in [0.2, 0.25) is 0 Å². The molecule has 0 bridgehead atoms. The molecule has 10 heavy (non-hydrogen) atoms. The Morgan fingerprint density at radius 1 is 1.60 bits per heavy atom. The fourth-order valence-corrected chi connectivity index (χ4v) is 1.22. The lowest BCUT2D eigenvalue weighted by Gasteiger charge is -2.21. The van der Waals surface area contributed by atoms with Crippen LogP contribution in [0.2, 0.25) is 0 Å². The molecule has 0 aromatic rings. The van der Waals surface area contributed by atoms with E-state index >= 15 is 0 Å². The molecule has 0 spiro atoms. The SMILES string of the molecule is CCOCC1CCCOC1. The zero-order valence-corrected chi connectivity index (χ0v) is 6.64. The molecule has 1 aliphatic rings. The van der Waals surface area contributed by atoms with Crippen molar-refractivity contribution in [2.45, 2.75) is 19.8 Å². The van der Waals surface area contributed by atoms with E-state index in [2.05, 4.69) is 0 Å². The highest BCUT2D eigenvalue weighted by molar-refractivity contribution is 4.61. The summed E-state index contributed by atoms with van der Waals surface area (Å²) in [6.45, 7) is 5.60. The minimum atomic E-state index is 0.661. The van der Waals surface area contributed by atoms with Gasteiger partial charge in [-0.15, -0.1) is 0 Å². The van der Waals surface area contributed by atoms with E-state index in [4.69, 9.17) is 9.47 Å². The molecule has 2 nitrogen and oxygen atoms in total. The van der Waals surface area contributed by atoms with Crippen LogP contribution in [-0.2, 0) is 9.47 Å². The predicted octanol–water partition coefficient (Wildman–Crippen LogP) is 1.45. The van der Waals surface area contributed by atoms with Crippen LogP contribution in [0.1, 0.15) is 19.8 Å². The third-order valence-electron chi connectivity index (χ3n) is 1.81. The maximum absolute atomic E-state index is 5.30. The van der Waals surface area contributed by atoms with Gasteiger partial charge in [0.05, 0.1) is 13.2 Å². The van der Waals surface area contributed by atoms with Crippen LogP contribution in [-0.4, -0.2) is 26.4 Å². The topological polar surface area (TPSA) is 18.5 Å². The summed E-state index contributed by atoms with van der Waals surface area (Å²) in [6, 6.07) is 0. The molecule has 1 saturated heterocycles. The predicted molar refractivity (Wildman–Crippen MR) is 40.0 cm³/mol. The third-order valence-corrected chi connectivity index (χ3v) is 1.81. The second-order valence-corrected chi connectivity index (χ2v) is 2.74. The van der Waals surface area contributed by atoms with E-state index in [0.717, 1.165) is 26.4 Å². The lowest BCUT2D eigenvalue weighted by atomic mass is 10.0. The average Bonchev–Trinajstić information content (AvgIpc) is 2.03. The Morgan fingerprint density at radius 3 is 3.10 bits per heavy atom. The van der Waals surface area contributed by atoms with E-state index in [0.29, 0.717) is 5.92 Å². The molecular formula is C8H16O2. The summed E-state index contributed by atoms with van der Waals surface area (Å²) in [6.07, 6.45) is 2.48. The molecule has 1 fully saturated rings. The van der Waals surface area contributed by atoms with E-state index in [1.54, 1.807) is 0 Å². The second kappa shape index (κ2) is 4.69. The molecule has 1 aliphatic heterocycles. The molecule has 0 aromatic heterocycles. The van der Waals surface area contributed by atoms with Crippen LogP contribution in [0, 0.1) is 5.92 Å². The maximum atomic E-state index is 5.30. The Hall–Kier alpha value is -0.0800. The van der Waals surface area contributed by atoms with Crippen molar-refractivity contribution < 1.29 is 9.47 Å². The van der Waals surface area contributed by atoms with Crippen LogP contribution in [0.3, 0.4) is 0 Å². The van der Waals surface area contributed by atoms with Crippen LogP contribution in [0.15, 0.2) is 0 Å². The van der Waals surface area contributed by atoms with Crippen molar-refractivity contribution in [3.8, 4) is 0 Å². The van der Waals surface area contributed by atoms with Crippen molar-refractivity contribution in [1.82, 2.24) is 0 Å². The summed E-state index contributed by atoms with van der Waals surface area (Å²) in [4.78, 5) is 0. The Labute approximate surface area is 62.5 Å². The Kier molecular flexibility index (Phi) is 3.76. The van der Waals surface area contributed by atoms with Gasteiger partial charge in [0.1, 0.15) is 0 Å². The first-order chi connectivity index (χ1) is 4.93. The molecule has 1 rings (SSSR count). The first kappa shape index (κ1) is 8.02. The zero-order chi connectivity index (χ0) is 7.23. The number of ether oxygens (including phenoxy) is 2. The summed E-state index contributed by atoms with van der Waals surface area (Å²) < 4.78 is 10.6. The highest BCUT2D eigenvalue weighted by atomic mass is 16.5. The van der Waals surface area contributed by atoms with Crippen molar-refractivity contribution in [2.24, 2.45) is 5.92 Å². The molecule has 0 N–H and O–H groups in total. The van der Waals surface area contributed by atoms with Gasteiger partial charge in [-0.1, -0.05) is 0 Å². The van der Waals surface area contributed by atoms with Gasteiger partial charge in [0, 0.05) is 19.1 Å². The largest absolute Gasteiger partial charge is 0.381 e. The molecule has 0 radical (unpaired) electrons. The summed E-state index contributed by atoms with van der Waals surface area (Å²) in [5, 5.41) is 0. The molecule has 0 aromatic carbocycles. The minimum absolute atomic E-state index is 0.661. The minimum Gasteiger partial charge on any atom is -0.381 e. The van der Waals surface area contributed by atoms with Crippen molar-refractivity contribution in [3.63, 3.8) is 0 Å². The Morgan fingerprint density at radius 2 is 2.50 bits per heavy atom. The first-order valence-corrected chi connectivity index (χ1v) is 4.09. The van der Waals surface area contributed by atoms with Gasteiger partial charge in [0.15, 0.2) is 0 Å². The van der Waals surface area contributed by atoms with E-state index in [1.807, 2.05) is 6.92 Å². The molecule has 60 valence electrons. The Balaban J connectivity index is 2.02. The van der Waals surface area contributed by atoms with Gasteiger partial charge in [0.25, 0.3) is 0 Å². The molecule has 0 aliphatic carbocycles. The standard InChI is InChI=1S/C8H16O2/c1-2-9-6-8-4-3-5-10-7-8/h8H,2-7H2,1H3. The van der Waals surface area contributed by atoms with E-state index in [-0.39, 0.29) is 0 Å². The van der Waals surface area contributed by atoms with Crippen molar-refractivity contribution in [1.29, 1.82) is 0 Å². The van der Waals surface area contributed by atoms with Gasteiger partial charge < -0.3 is 9.47 Å². The summed E-state index contributed by atoms with van der Waals surface area (Å²) >= 11 is 0. The fourth-order valence-electron chi connectivity index (χ4n) is 1.22. The second-order valence-electron chi connectivity index (χ2n) is 2.74. The molecule has 1 atom stereocenters. The van der Waals surface area contributed by atoms with E-state index in [1.165, 1.54) is 12.8 Å². The lowest BCUT2D eigenvalue weighted by Crippen LogP contribution is -2.21. The molecule has 0 amide bonds. The number of hydrogen-bond acceptors (Lipinski definition) is 2. The quantitative estimate of drug-likeness (QED) is 0.597. The molecule has 2 heteroatoms. The normalized spacial score (nSPS) is 26.7. The van der Waals surface area contributed by atoms with Crippen molar-refractivity contribution in [2.75, 3.05) is 26.4 Å². The first-order valence-electron chi connectivity index (χ1n) is 4.09. The fraction of sp³-hybridized carbons (Fsp3) is 1.00.